The number of hydrogen-bond donors (Lipinski definition) is 2. The van der Waals surface area contributed by atoms with Crippen LogP contribution in [0.1, 0.15) is 40.5 Å². The molecule has 0 bridgehead atoms. The lowest BCUT2D eigenvalue weighted by Crippen LogP contribution is -2.33. The van der Waals surface area contributed by atoms with Gasteiger partial charge in [-0.25, -0.2) is 4.79 Å². The van der Waals surface area contributed by atoms with E-state index in [2.05, 4.69) is 10.6 Å². The first-order valence-electron chi connectivity index (χ1n) is 5.58. The molecule has 0 spiro atoms. The highest BCUT2D eigenvalue weighted by molar-refractivity contribution is 5.75. The molecule has 0 heterocycles. The Morgan fingerprint density at radius 1 is 1.19 bits per heavy atom. The van der Waals surface area contributed by atoms with Crippen LogP contribution in [0.5, 0.6) is 0 Å². The molecule has 0 rings (SSSR count). The molecule has 0 unspecified atom stereocenters. The molecule has 0 saturated carbocycles. The summed E-state index contributed by atoms with van der Waals surface area (Å²) in [5.41, 5.74) is -0.482. The van der Waals surface area contributed by atoms with Crippen LogP contribution < -0.4 is 10.6 Å². The van der Waals surface area contributed by atoms with Crippen LogP contribution in [0.25, 0.3) is 0 Å². The van der Waals surface area contributed by atoms with E-state index in [1.165, 1.54) is 0 Å². The minimum atomic E-state index is -0.482. The van der Waals surface area contributed by atoms with Gasteiger partial charge in [-0.1, -0.05) is 0 Å². The number of amides is 2. The Morgan fingerprint density at radius 2 is 1.81 bits per heavy atom. The molecule has 16 heavy (non-hydrogen) atoms. The fourth-order valence-corrected chi connectivity index (χ4v) is 1.04. The van der Waals surface area contributed by atoms with Gasteiger partial charge in [-0.3, -0.25) is 4.79 Å². The van der Waals surface area contributed by atoms with Crippen LogP contribution in [0.4, 0.5) is 4.79 Å². The first-order chi connectivity index (χ1) is 7.35. The van der Waals surface area contributed by atoms with Crippen molar-refractivity contribution in [2.75, 3.05) is 13.1 Å². The third-order valence-corrected chi connectivity index (χ3v) is 1.62. The fraction of sp³-hybridized carbons (Fsp3) is 0.818. The van der Waals surface area contributed by atoms with Crippen LogP contribution in [0.2, 0.25) is 0 Å². The number of nitrogens with one attached hydrogen (secondary N) is 2. The molecule has 0 fully saturated rings. The molecule has 0 aliphatic rings. The van der Waals surface area contributed by atoms with Crippen LogP contribution in [-0.4, -0.2) is 30.7 Å². The van der Waals surface area contributed by atoms with Gasteiger partial charge >= 0.3 is 6.09 Å². The first kappa shape index (κ1) is 14.7. The normalized spacial score (nSPS) is 10.8. The summed E-state index contributed by atoms with van der Waals surface area (Å²) in [6.45, 7) is 8.38. The lowest BCUT2D eigenvalue weighted by molar-refractivity contribution is -0.121. The van der Waals surface area contributed by atoms with Gasteiger partial charge in [0.15, 0.2) is 0 Å². The summed E-state index contributed by atoms with van der Waals surface area (Å²) in [5.74, 6) is 0.00786. The Balaban J connectivity index is 3.52. The number of carbonyl (C=O) groups excluding carboxylic acids is 2. The second kappa shape index (κ2) is 7.09. The average Bonchev–Trinajstić information content (AvgIpc) is 2.10. The minimum Gasteiger partial charge on any atom is -0.444 e. The summed E-state index contributed by atoms with van der Waals surface area (Å²) in [4.78, 5) is 22.3. The molecular formula is C11H22N2O3. The topological polar surface area (TPSA) is 67.4 Å². The highest BCUT2D eigenvalue weighted by Crippen LogP contribution is 2.06. The van der Waals surface area contributed by atoms with Crippen LogP contribution in [-0.2, 0) is 9.53 Å². The summed E-state index contributed by atoms with van der Waals surface area (Å²) < 4.78 is 5.04. The smallest absolute Gasteiger partial charge is 0.407 e. The van der Waals surface area contributed by atoms with Crippen molar-refractivity contribution < 1.29 is 14.3 Å². The molecule has 0 atom stereocenters. The van der Waals surface area contributed by atoms with Crippen molar-refractivity contribution in [3.8, 4) is 0 Å². The van der Waals surface area contributed by atoms with Crippen molar-refractivity contribution >= 4 is 12.0 Å². The Bertz CT molecular complexity index is 234. The number of alkyl carbamates (subject to hydrolysis) is 1. The van der Waals surface area contributed by atoms with Gasteiger partial charge in [0.2, 0.25) is 5.91 Å². The van der Waals surface area contributed by atoms with Gasteiger partial charge in [0, 0.05) is 19.5 Å². The molecule has 5 nitrogen and oxygen atoms in total. The van der Waals surface area contributed by atoms with Crippen molar-refractivity contribution in [2.24, 2.45) is 0 Å². The van der Waals surface area contributed by atoms with Gasteiger partial charge in [0.05, 0.1) is 0 Å². The number of ether oxygens (including phenoxy) is 1. The molecule has 0 aliphatic carbocycles. The predicted molar refractivity (Wildman–Crippen MR) is 62.2 cm³/mol. The molecule has 0 aromatic carbocycles. The van der Waals surface area contributed by atoms with Crippen LogP contribution in [0.15, 0.2) is 0 Å². The van der Waals surface area contributed by atoms with Crippen LogP contribution >= 0.6 is 0 Å². The van der Waals surface area contributed by atoms with Crippen molar-refractivity contribution in [1.29, 1.82) is 0 Å². The second-order valence-corrected chi connectivity index (χ2v) is 4.49. The second-order valence-electron chi connectivity index (χ2n) is 4.49. The van der Waals surface area contributed by atoms with Crippen LogP contribution in [0, 0.1) is 0 Å². The molecule has 5 heteroatoms. The van der Waals surface area contributed by atoms with E-state index in [1.807, 2.05) is 6.92 Å². The van der Waals surface area contributed by atoms with Crippen molar-refractivity contribution in [2.45, 2.75) is 46.1 Å². The highest BCUT2D eigenvalue weighted by Gasteiger charge is 2.15. The SMILES string of the molecule is CCNC(=O)CCCNC(=O)OC(C)(C)C. The van der Waals surface area contributed by atoms with E-state index in [0.29, 0.717) is 25.9 Å². The number of carbonyl (C=O) groups is 2. The largest absolute Gasteiger partial charge is 0.444 e. The first-order valence-corrected chi connectivity index (χ1v) is 5.58. The van der Waals surface area contributed by atoms with E-state index in [9.17, 15) is 9.59 Å². The average molecular weight is 230 g/mol. The zero-order valence-electron chi connectivity index (χ0n) is 10.6. The Hall–Kier alpha value is -1.26. The van der Waals surface area contributed by atoms with Gasteiger partial charge in [0.1, 0.15) is 5.60 Å². The third kappa shape index (κ3) is 9.30. The Morgan fingerprint density at radius 3 is 2.31 bits per heavy atom. The van der Waals surface area contributed by atoms with Gasteiger partial charge in [0.25, 0.3) is 0 Å². The van der Waals surface area contributed by atoms with E-state index in [1.54, 1.807) is 20.8 Å². The van der Waals surface area contributed by atoms with Crippen molar-refractivity contribution in [1.82, 2.24) is 10.6 Å². The van der Waals surface area contributed by atoms with Crippen LogP contribution in [0.3, 0.4) is 0 Å². The molecule has 0 aliphatic heterocycles. The Kier molecular flexibility index (Phi) is 6.53. The maximum Gasteiger partial charge on any atom is 0.407 e. The molecule has 0 aromatic heterocycles. The van der Waals surface area contributed by atoms with Crippen molar-refractivity contribution in [3.63, 3.8) is 0 Å². The maximum atomic E-state index is 11.2. The molecule has 0 radical (unpaired) electrons. The minimum absolute atomic E-state index is 0.00786. The molecular weight excluding hydrogens is 208 g/mol. The lowest BCUT2D eigenvalue weighted by atomic mass is 10.2. The molecule has 0 saturated heterocycles. The zero-order valence-corrected chi connectivity index (χ0v) is 10.6. The summed E-state index contributed by atoms with van der Waals surface area (Å²) in [6, 6.07) is 0. The quantitative estimate of drug-likeness (QED) is 0.702. The molecule has 94 valence electrons. The third-order valence-electron chi connectivity index (χ3n) is 1.62. The Labute approximate surface area is 96.9 Å². The van der Waals surface area contributed by atoms with E-state index < -0.39 is 11.7 Å². The van der Waals surface area contributed by atoms with E-state index in [-0.39, 0.29) is 5.91 Å². The zero-order chi connectivity index (χ0) is 12.6. The number of rotatable bonds is 5. The predicted octanol–water partition coefficient (Wildman–Crippen LogP) is 1.43. The van der Waals surface area contributed by atoms with Gasteiger partial charge in [-0.15, -0.1) is 0 Å². The van der Waals surface area contributed by atoms with Gasteiger partial charge < -0.3 is 15.4 Å². The summed E-state index contributed by atoms with van der Waals surface area (Å²) in [7, 11) is 0. The van der Waals surface area contributed by atoms with E-state index in [4.69, 9.17) is 4.74 Å². The highest BCUT2D eigenvalue weighted by atomic mass is 16.6. The maximum absolute atomic E-state index is 11.2. The monoisotopic (exact) mass is 230 g/mol. The standard InChI is InChI=1S/C11H22N2O3/c1-5-12-9(14)7-6-8-13-10(15)16-11(2,3)4/h5-8H2,1-4H3,(H,12,14)(H,13,15). The molecule has 2 amide bonds. The van der Waals surface area contributed by atoms with Gasteiger partial charge in [-0.2, -0.15) is 0 Å². The summed E-state index contributed by atoms with van der Waals surface area (Å²) in [5, 5.41) is 5.28. The fourth-order valence-electron chi connectivity index (χ4n) is 1.04. The van der Waals surface area contributed by atoms with Crippen molar-refractivity contribution in [3.05, 3.63) is 0 Å². The lowest BCUT2D eigenvalue weighted by Gasteiger charge is -2.19. The van der Waals surface area contributed by atoms with E-state index in [0.717, 1.165) is 0 Å². The molecule has 2 N–H and O–H groups in total. The summed E-state index contributed by atoms with van der Waals surface area (Å²) in [6.07, 6.45) is 0.595. The summed E-state index contributed by atoms with van der Waals surface area (Å²) >= 11 is 0. The number of hydrogen-bond acceptors (Lipinski definition) is 3. The molecule has 0 aromatic rings. The van der Waals surface area contributed by atoms with Gasteiger partial charge in [-0.05, 0) is 34.1 Å². The van der Waals surface area contributed by atoms with E-state index >= 15 is 0 Å².